The first-order valence-electron chi connectivity index (χ1n) is 6.24. The van der Waals surface area contributed by atoms with E-state index in [0.29, 0.717) is 12.2 Å². The van der Waals surface area contributed by atoms with Crippen LogP contribution in [0.25, 0.3) is 0 Å². The van der Waals surface area contributed by atoms with Gasteiger partial charge in [-0.05, 0) is 24.7 Å². The van der Waals surface area contributed by atoms with E-state index in [1.54, 1.807) is 4.90 Å². The van der Waals surface area contributed by atoms with E-state index in [1.807, 2.05) is 6.92 Å². The molecule has 0 aliphatic rings. The number of hydrogen-bond acceptors (Lipinski definition) is 4. The molecule has 0 saturated heterocycles. The Labute approximate surface area is 117 Å². The highest BCUT2D eigenvalue weighted by Gasteiger charge is 2.12. The van der Waals surface area contributed by atoms with Crippen molar-refractivity contribution in [2.75, 3.05) is 37.7 Å². The monoisotopic (exact) mass is 282 g/mol. The highest BCUT2D eigenvalue weighted by atomic mass is 19.1. The number of benzene rings is 1. The molecule has 4 N–H and O–H groups in total. The van der Waals surface area contributed by atoms with Crippen LogP contribution in [0.5, 0.6) is 0 Å². The number of halogens is 1. The van der Waals surface area contributed by atoms with Gasteiger partial charge in [0.25, 0.3) is 0 Å². The molecule has 1 rings (SSSR count). The first-order valence-corrected chi connectivity index (χ1v) is 6.24. The number of nitrogens with zero attached hydrogens (tertiary/aromatic N) is 1. The lowest BCUT2D eigenvalue weighted by molar-refractivity contribution is -0.123. The lowest BCUT2D eigenvalue weighted by Gasteiger charge is -2.18. The molecule has 0 spiro atoms. The van der Waals surface area contributed by atoms with Crippen molar-refractivity contribution in [2.45, 2.75) is 6.92 Å². The fourth-order valence-corrected chi connectivity index (χ4v) is 1.59. The maximum Gasteiger partial charge on any atom is 0.238 e. The number of amides is 2. The van der Waals surface area contributed by atoms with Crippen molar-refractivity contribution >= 4 is 23.2 Å². The Kier molecular flexibility index (Phi) is 5.92. The SMILES string of the molecule is CCN(CC(=O)NC)CC(=O)Nc1ccc(F)c(N)c1. The molecule has 0 radical (unpaired) electrons. The van der Waals surface area contributed by atoms with Crippen molar-refractivity contribution in [3.63, 3.8) is 0 Å². The van der Waals surface area contributed by atoms with Gasteiger partial charge in [-0.25, -0.2) is 4.39 Å². The molecular weight excluding hydrogens is 263 g/mol. The normalized spacial score (nSPS) is 10.4. The van der Waals surface area contributed by atoms with Crippen molar-refractivity contribution in [3.05, 3.63) is 24.0 Å². The summed E-state index contributed by atoms with van der Waals surface area (Å²) in [6, 6.07) is 3.97. The number of anilines is 2. The Balaban J connectivity index is 2.57. The Morgan fingerprint density at radius 1 is 1.30 bits per heavy atom. The molecule has 0 heterocycles. The second-order valence-corrected chi connectivity index (χ2v) is 4.26. The van der Waals surface area contributed by atoms with E-state index in [9.17, 15) is 14.0 Å². The predicted octanol–water partition coefficient (Wildman–Crippen LogP) is 0.414. The van der Waals surface area contributed by atoms with Gasteiger partial charge in [-0.1, -0.05) is 6.92 Å². The minimum atomic E-state index is -0.530. The molecule has 7 heteroatoms. The molecule has 2 amide bonds. The second-order valence-electron chi connectivity index (χ2n) is 4.26. The molecule has 110 valence electrons. The number of nitrogens with two attached hydrogens (primary N) is 1. The Morgan fingerprint density at radius 3 is 2.50 bits per heavy atom. The van der Waals surface area contributed by atoms with Gasteiger partial charge in [-0.3, -0.25) is 14.5 Å². The standard InChI is InChI=1S/C13H19FN4O2/c1-3-18(7-12(19)16-2)8-13(20)17-9-4-5-10(14)11(15)6-9/h4-6H,3,7-8,15H2,1-2H3,(H,16,19)(H,17,20). The van der Waals surface area contributed by atoms with Crippen LogP contribution in [0.3, 0.4) is 0 Å². The quantitative estimate of drug-likeness (QED) is 0.660. The summed E-state index contributed by atoms with van der Waals surface area (Å²) in [7, 11) is 1.54. The molecule has 0 saturated carbocycles. The van der Waals surface area contributed by atoms with Crippen LogP contribution in [0, 0.1) is 5.82 Å². The van der Waals surface area contributed by atoms with Crippen molar-refractivity contribution in [3.8, 4) is 0 Å². The summed E-state index contributed by atoms with van der Waals surface area (Å²) in [4.78, 5) is 24.8. The third-order valence-electron chi connectivity index (χ3n) is 2.74. The number of rotatable bonds is 6. The highest BCUT2D eigenvalue weighted by Crippen LogP contribution is 2.16. The summed E-state index contributed by atoms with van der Waals surface area (Å²) < 4.78 is 13.0. The number of carbonyl (C=O) groups is 2. The van der Waals surface area contributed by atoms with Crippen molar-refractivity contribution in [2.24, 2.45) is 0 Å². The molecule has 0 aliphatic heterocycles. The van der Waals surface area contributed by atoms with Gasteiger partial charge < -0.3 is 16.4 Å². The van der Waals surface area contributed by atoms with Gasteiger partial charge in [0.15, 0.2) is 0 Å². The van der Waals surface area contributed by atoms with Crippen LogP contribution in [0.4, 0.5) is 15.8 Å². The fraction of sp³-hybridized carbons (Fsp3) is 0.385. The minimum Gasteiger partial charge on any atom is -0.396 e. The summed E-state index contributed by atoms with van der Waals surface area (Å²) in [5, 5.41) is 5.10. The highest BCUT2D eigenvalue weighted by molar-refractivity contribution is 5.93. The van der Waals surface area contributed by atoms with E-state index in [2.05, 4.69) is 10.6 Å². The Hall–Kier alpha value is -2.15. The van der Waals surface area contributed by atoms with Gasteiger partial charge >= 0.3 is 0 Å². The van der Waals surface area contributed by atoms with Gasteiger partial charge in [-0.15, -0.1) is 0 Å². The zero-order valence-corrected chi connectivity index (χ0v) is 11.6. The topological polar surface area (TPSA) is 87.5 Å². The van der Waals surface area contributed by atoms with Gasteiger partial charge in [0.1, 0.15) is 5.82 Å². The molecule has 0 bridgehead atoms. The molecule has 6 nitrogen and oxygen atoms in total. The zero-order chi connectivity index (χ0) is 15.1. The van der Waals surface area contributed by atoms with Crippen molar-refractivity contribution in [1.29, 1.82) is 0 Å². The van der Waals surface area contributed by atoms with Crippen molar-refractivity contribution < 1.29 is 14.0 Å². The number of likely N-dealkylation sites (N-methyl/N-ethyl adjacent to an activating group) is 2. The van der Waals surface area contributed by atoms with Gasteiger partial charge in [0.05, 0.1) is 18.8 Å². The van der Waals surface area contributed by atoms with Crippen LogP contribution in [0.15, 0.2) is 18.2 Å². The van der Waals surface area contributed by atoms with Crippen LogP contribution >= 0.6 is 0 Å². The lowest BCUT2D eigenvalue weighted by atomic mass is 10.2. The van der Waals surface area contributed by atoms with Gasteiger partial charge in [0, 0.05) is 12.7 Å². The van der Waals surface area contributed by atoms with E-state index in [1.165, 1.54) is 25.2 Å². The van der Waals surface area contributed by atoms with Crippen LogP contribution in [-0.2, 0) is 9.59 Å². The zero-order valence-electron chi connectivity index (χ0n) is 11.6. The maximum absolute atomic E-state index is 13.0. The molecule has 0 aromatic heterocycles. The van der Waals surface area contributed by atoms with E-state index < -0.39 is 5.82 Å². The molecule has 0 aliphatic carbocycles. The Bertz CT molecular complexity index is 493. The molecule has 1 aromatic carbocycles. The largest absolute Gasteiger partial charge is 0.396 e. The van der Waals surface area contributed by atoms with E-state index >= 15 is 0 Å². The third-order valence-corrected chi connectivity index (χ3v) is 2.74. The van der Waals surface area contributed by atoms with E-state index in [0.717, 1.165) is 0 Å². The average molecular weight is 282 g/mol. The summed E-state index contributed by atoms with van der Waals surface area (Å²) >= 11 is 0. The van der Waals surface area contributed by atoms with Crippen LogP contribution < -0.4 is 16.4 Å². The fourth-order valence-electron chi connectivity index (χ4n) is 1.59. The number of nitrogens with one attached hydrogen (secondary N) is 2. The molecule has 0 fully saturated rings. The predicted molar refractivity (Wildman–Crippen MR) is 75.6 cm³/mol. The molecule has 0 atom stereocenters. The van der Waals surface area contributed by atoms with Crippen LogP contribution in [0.2, 0.25) is 0 Å². The summed E-state index contributed by atoms with van der Waals surface area (Å²) in [6.45, 7) is 2.63. The molecule has 0 unspecified atom stereocenters. The van der Waals surface area contributed by atoms with Crippen LogP contribution in [0.1, 0.15) is 6.92 Å². The molecular formula is C13H19FN4O2. The second kappa shape index (κ2) is 7.44. The van der Waals surface area contributed by atoms with Crippen LogP contribution in [-0.4, -0.2) is 43.4 Å². The summed E-state index contributed by atoms with van der Waals surface area (Å²) in [5.41, 5.74) is 5.81. The average Bonchev–Trinajstić information content (AvgIpc) is 2.41. The first kappa shape index (κ1) is 15.9. The number of nitrogen functional groups attached to an aromatic ring is 1. The summed E-state index contributed by atoms with van der Waals surface area (Å²) in [5.74, 6) is -0.981. The number of carbonyl (C=O) groups excluding carboxylic acids is 2. The minimum absolute atomic E-state index is 0.0273. The van der Waals surface area contributed by atoms with E-state index in [4.69, 9.17) is 5.73 Å². The number of hydrogen-bond donors (Lipinski definition) is 3. The Morgan fingerprint density at radius 2 is 1.95 bits per heavy atom. The van der Waals surface area contributed by atoms with Gasteiger partial charge in [0.2, 0.25) is 11.8 Å². The van der Waals surface area contributed by atoms with Gasteiger partial charge in [-0.2, -0.15) is 0 Å². The first-order chi connectivity index (χ1) is 9.46. The van der Waals surface area contributed by atoms with Crippen molar-refractivity contribution in [1.82, 2.24) is 10.2 Å². The van der Waals surface area contributed by atoms with E-state index in [-0.39, 0.29) is 30.6 Å². The molecule has 20 heavy (non-hydrogen) atoms. The third kappa shape index (κ3) is 4.85. The summed E-state index contributed by atoms with van der Waals surface area (Å²) in [6.07, 6.45) is 0. The molecule has 1 aromatic rings. The maximum atomic E-state index is 13.0. The lowest BCUT2D eigenvalue weighted by Crippen LogP contribution is -2.40. The smallest absolute Gasteiger partial charge is 0.238 e.